The van der Waals surface area contributed by atoms with Gasteiger partial charge in [0.15, 0.2) is 6.61 Å². The summed E-state index contributed by atoms with van der Waals surface area (Å²) in [7, 11) is 0. The van der Waals surface area contributed by atoms with Crippen molar-refractivity contribution >= 4 is 11.6 Å². The van der Waals surface area contributed by atoms with Crippen molar-refractivity contribution in [2.45, 2.75) is 25.4 Å². The third-order valence-electron chi connectivity index (χ3n) is 3.89. The average Bonchev–Trinajstić information content (AvgIpc) is 2.60. The van der Waals surface area contributed by atoms with Crippen LogP contribution >= 0.6 is 0 Å². The smallest absolute Gasteiger partial charge is 0.273 e. The summed E-state index contributed by atoms with van der Waals surface area (Å²) in [6.07, 6.45) is 2.62. The van der Waals surface area contributed by atoms with Crippen LogP contribution in [0.2, 0.25) is 0 Å². The number of amides is 1. The van der Waals surface area contributed by atoms with E-state index in [4.69, 9.17) is 15.2 Å². The zero-order valence-electron chi connectivity index (χ0n) is 13.6. The Balaban J connectivity index is 1.74. The fraction of sp³-hybridized carbons (Fsp3) is 0.562. The maximum Gasteiger partial charge on any atom is 0.273 e. The van der Waals surface area contributed by atoms with Crippen molar-refractivity contribution in [3.8, 4) is 5.75 Å². The number of nitrogens with zero attached hydrogens (tertiary/aromatic N) is 2. The topological polar surface area (TPSA) is 108 Å². The molecule has 0 spiro atoms. The van der Waals surface area contributed by atoms with E-state index in [1.165, 1.54) is 18.2 Å². The van der Waals surface area contributed by atoms with Crippen LogP contribution in [-0.2, 0) is 9.53 Å². The van der Waals surface area contributed by atoms with Crippen LogP contribution in [0.4, 0.5) is 5.69 Å². The molecule has 1 aliphatic heterocycles. The molecular formula is C16H23N3O5. The van der Waals surface area contributed by atoms with Crippen LogP contribution in [0.25, 0.3) is 0 Å². The van der Waals surface area contributed by atoms with Crippen molar-refractivity contribution in [2.75, 3.05) is 32.8 Å². The van der Waals surface area contributed by atoms with Crippen molar-refractivity contribution in [3.63, 3.8) is 0 Å². The summed E-state index contributed by atoms with van der Waals surface area (Å²) in [4.78, 5) is 24.1. The van der Waals surface area contributed by atoms with Crippen molar-refractivity contribution in [3.05, 3.63) is 34.4 Å². The minimum absolute atomic E-state index is 0.0598. The van der Waals surface area contributed by atoms with Gasteiger partial charge in [-0.25, -0.2) is 0 Å². The first-order chi connectivity index (χ1) is 11.6. The maximum absolute atomic E-state index is 12.2. The van der Waals surface area contributed by atoms with Crippen LogP contribution in [0.1, 0.15) is 19.3 Å². The Morgan fingerprint density at radius 1 is 1.38 bits per heavy atom. The van der Waals surface area contributed by atoms with Gasteiger partial charge in [-0.15, -0.1) is 0 Å². The first kappa shape index (κ1) is 18.2. The van der Waals surface area contributed by atoms with Crippen LogP contribution in [0.3, 0.4) is 0 Å². The predicted molar refractivity (Wildman–Crippen MR) is 87.8 cm³/mol. The van der Waals surface area contributed by atoms with Gasteiger partial charge in [0, 0.05) is 25.8 Å². The number of nitrogens with two attached hydrogens (primary N) is 1. The average molecular weight is 337 g/mol. The molecule has 1 aromatic rings. The molecule has 132 valence electrons. The number of benzene rings is 1. The maximum atomic E-state index is 12.2. The molecule has 8 heteroatoms. The molecule has 24 heavy (non-hydrogen) atoms. The van der Waals surface area contributed by atoms with Crippen LogP contribution in [0.5, 0.6) is 5.75 Å². The van der Waals surface area contributed by atoms with E-state index in [0.29, 0.717) is 32.0 Å². The monoisotopic (exact) mass is 337 g/mol. The molecule has 0 radical (unpaired) electrons. The molecule has 0 atom stereocenters. The first-order valence-corrected chi connectivity index (χ1v) is 8.07. The van der Waals surface area contributed by atoms with E-state index in [1.807, 2.05) is 0 Å². The molecule has 0 aliphatic carbocycles. The Morgan fingerprint density at radius 3 is 2.79 bits per heavy atom. The largest absolute Gasteiger partial charge is 0.484 e. The van der Waals surface area contributed by atoms with E-state index in [2.05, 4.69) is 0 Å². The lowest BCUT2D eigenvalue weighted by Gasteiger charge is -2.31. The highest BCUT2D eigenvalue weighted by atomic mass is 16.6. The molecule has 1 amide bonds. The Bertz CT molecular complexity index is 558. The van der Waals surface area contributed by atoms with Gasteiger partial charge in [0.05, 0.1) is 17.1 Å². The summed E-state index contributed by atoms with van der Waals surface area (Å²) in [5.41, 5.74) is 5.37. The van der Waals surface area contributed by atoms with E-state index in [0.717, 1.165) is 19.3 Å². The van der Waals surface area contributed by atoms with Gasteiger partial charge in [-0.2, -0.15) is 0 Å². The Kier molecular flexibility index (Phi) is 6.95. The molecule has 1 aromatic carbocycles. The van der Waals surface area contributed by atoms with Crippen LogP contribution in [-0.4, -0.2) is 54.7 Å². The normalized spacial score (nSPS) is 15.3. The second-order valence-corrected chi connectivity index (χ2v) is 5.64. The highest BCUT2D eigenvalue weighted by Gasteiger charge is 2.23. The Labute approximate surface area is 140 Å². The number of nitro groups is 1. The van der Waals surface area contributed by atoms with Gasteiger partial charge < -0.3 is 20.1 Å². The number of rotatable bonds is 8. The van der Waals surface area contributed by atoms with Gasteiger partial charge in [0.1, 0.15) is 5.75 Å². The molecular weight excluding hydrogens is 314 g/mol. The SMILES string of the molecule is NCCCOC1CCN(C(=O)COc2cccc([N+](=O)[O-])c2)CC1. The quantitative estimate of drug-likeness (QED) is 0.435. The van der Waals surface area contributed by atoms with Gasteiger partial charge in [-0.1, -0.05) is 6.07 Å². The van der Waals surface area contributed by atoms with E-state index in [1.54, 1.807) is 11.0 Å². The van der Waals surface area contributed by atoms with Crippen molar-refractivity contribution in [1.29, 1.82) is 0 Å². The molecule has 1 fully saturated rings. The zero-order valence-corrected chi connectivity index (χ0v) is 13.6. The fourth-order valence-corrected chi connectivity index (χ4v) is 2.53. The van der Waals surface area contributed by atoms with Crippen LogP contribution in [0, 0.1) is 10.1 Å². The minimum Gasteiger partial charge on any atom is -0.484 e. The lowest BCUT2D eigenvalue weighted by Crippen LogP contribution is -2.43. The van der Waals surface area contributed by atoms with E-state index < -0.39 is 4.92 Å². The summed E-state index contributed by atoms with van der Waals surface area (Å²) < 4.78 is 11.1. The molecule has 2 rings (SSSR count). The Hall–Kier alpha value is -2.19. The fourth-order valence-electron chi connectivity index (χ4n) is 2.53. The first-order valence-electron chi connectivity index (χ1n) is 8.07. The Morgan fingerprint density at radius 2 is 2.12 bits per heavy atom. The van der Waals surface area contributed by atoms with Crippen LogP contribution < -0.4 is 10.5 Å². The third kappa shape index (κ3) is 5.47. The number of piperidine rings is 1. The summed E-state index contributed by atoms with van der Waals surface area (Å²) >= 11 is 0. The lowest BCUT2D eigenvalue weighted by molar-refractivity contribution is -0.384. The summed E-state index contributed by atoms with van der Waals surface area (Å²) in [6, 6.07) is 5.81. The number of carbonyl (C=O) groups excluding carboxylic acids is 1. The molecule has 1 saturated heterocycles. The van der Waals surface area contributed by atoms with Gasteiger partial charge in [-0.3, -0.25) is 14.9 Å². The van der Waals surface area contributed by atoms with Gasteiger partial charge >= 0.3 is 0 Å². The number of carbonyl (C=O) groups is 1. The second-order valence-electron chi connectivity index (χ2n) is 5.64. The highest BCUT2D eigenvalue weighted by molar-refractivity contribution is 5.77. The van der Waals surface area contributed by atoms with Crippen molar-refractivity contribution < 1.29 is 19.2 Å². The van der Waals surface area contributed by atoms with Gasteiger partial charge in [0.2, 0.25) is 0 Å². The highest BCUT2D eigenvalue weighted by Crippen LogP contribution is 2.19. The summed E-state index contributed by atoms with van der Waals surface area (Å²) in [5, 5.41) is 10.7. The molecule has 0 aromatic heterocycles. The molecule has 0 unspecified atom stereocenters. The molecule has 0 saturated carbocycles. The minimum atomic E-state index is -0.496. The number of likely N-dealkylation sites (tertiary alicyclic amines) is 1. The number of ether oxygens (including phenoxy) is 2. The zero-order chi connectivity index (χ0) is 17.4. The number of hydrogen-bond donors (Lipinski definition) is 1. The predicted octanol–water partition coefficient (Wildman–Crippen LogP) is 1.33. The molecule has 2 N–H and O–H groups in total. The molecule has 8 nitrogen and oxygen atoms in total. The molecule has 0 bridgehead atoms. The standard InChI is InChI=1S/C16H23N3O5/c17-7-2-10-23-14-5-8-18(9-6-14)16(20)12-24-15-4-1-3-13(11-15)19(21)22/h1,3-4,11,14H,2,5-10,12,17H2. The van der Waals surface area contributed by atoms with Gasteiger partial charge in [-0.05, 0) is 31.9 Å². The van der Waals surface area contributed by atoms with Gasteiger partial charge in [0.25, 0.3) is 11.6 Å². The number of nitro benzene ring substituents is 1. The van der Waals surface area contributed by atoms with E-state index in [-0.39, 0.29) is 24.3 Å². The summed E-state index contributed by atoms with van der Waals surface area (Å²) in [6.45, 7) is 2.41. The van der Waals surface area contributed by atoms with Crippen LogP contribution in [0.15, 0.2) is 24.3 Å². The number of non-ortho nitro benzene ring substituents is 1. The van der Waals surface area contributed by atoms with Crippen molar-refractivity contribution in [2.24, 2.45) is 5.73 Å². The molecule has 1 aliphatic rings. The second kappa shape index (κ2) is 9.19. The summed E-state index contributed by atoms with van der Waals surface area (Å²) in [5.74, 6) is 0.194. The molecule has 1 heterocycles. The lowest BCUT2D eigenvalue weighted by atomic mass is 10.1. The third-order valence-corrected chi connectivity index (χ3v) is 3.89. The number of hydrogen-bond acceptors (Lipinski definition) is 6. The van der Waals surface area contributed by atoms with E-state index >= 15 is 0 Å². The van der Waals surface area contributed by atoms with E-state index in [9.17, 15) is 14.9 Å². The van der Waals surface area contributed by atoms with Crippen molar-refractivity contribution in [1.82, 2.24) is 4.90 Å².